The molecule has 0 aromatic heterocycles. The monoisotopic (exact) mass is 828 g/mol. The standard InChI is InChI=1S/C55H105NO3/c1-3-5-7-9-11-13-15-17-19-20-21-22-23-24-25-26-27-28-29-30-31-32-33-34-35-36-37-39-41-43-45-47-49-51-55(59)56-53(52-57)54(58)50-48-46-44-42-40-38-18-16-14-12-10-8-6-4-2/h15,17,20-21,48,50,53-54,57-58H,3-14,16,18-19,22-47,49,51-52H2,1-2H3,(H,56,59)/b17-15-,21-20-,50-48+. The lowest BCUT2D eigenvalue weighted by Crippen LogP contribution is -2.45. The molecule has 0 aliphatic rings. The lowest BCUT2D eigenvalue weighted by atomic mass is 10.0. The first kappa shape index (κ1) is 57.6. The van der Waals surface area contributed by atoms with Crippen molar-refractivity contribution in [2.75, 3.05) is 6.61 Å². The number of unbranched alkanes of at least 4 members (excludes halogenated alkanes) is 38. The Kier molecular flexibility index (Phi) is 49.8. The summed E-state index contributed by atoms with van der Waals surface area (Å²) in [5.74, 6) is -0.0600. The molecule has 4 nitrogen and oxygen atoms in total. The number of carbonyl (C=O) groups is 1. The number of hydrogen-bond donors (Lipinski definition) is 3. The molecule has 3 N–H and O–H groups in total. The van der Waals surface area contributed by atoms with Crippen molar-refractivity contribution in [3.8, 4) is 0 Å². The summed E-state index contributed by atoms with van der Waals surface area (Å²) in [6.07, 6.45) is 68.7. The largest absolute Gasteiger partial charge is 0.394 e. The molecule has 0 fully saturated rings. The van der Waals surface area contributed by atoms with Crippen LogP contribution >= 0.6 is 0 Å². The molecule has 0 radical (unpaired) electrons. The zero-order chi connectivity index (χ0) is 42.8. The Bertz CT molecular complexity index is 897. The first-order valence-corrected chi connectivity index (χ1v) is 26.7. The van der Waals surface area contributed by atoms with Crippen LogP contribution in [-0.4, -0.2) is 34.9 Å². The van der Waals surface area contributed by atoms with E-state index in [1.807, 2.05) is 6.08 Å². The van der Waals surface area contributed by atoms with E-state index >= 15 is 0 Å². The molecule has 0 aliphatic carbocycles. The predicted molar refractivity (Wildman–Crippen MR) is 262 cm³/mol. The van der Waals surface area contributed by atoms with Gasteiger partial charge in [-0.3, -0.25) is 4.79 Å². The number of nitrogens with one attached hydrogen (secondary N) is 1. The van der Waals surface area contributed by atoms with Crippen LogP contribution in [0.2, 0.25) is 0 Å². The van der Waals surface area contributed by atoms with Crippen LogP contribution in [0.1, 0.15) is 290 Å². The number of rotatable bonds is 49. The second-order valence-electron chi connectivity index (χ2n) is 18.3. The van der Waals surface area contributed by atoms with Crippen molar-refractivity contribution >= 4 is 5.91 Å². The van der Waals surface area contributed by atoms with Crippen LogP contribution < -0.4 is 5.32 Å². The molecular weight excluding hydrogens is 723 g/mol. The van der Waals surface area contributed by atoms with Gasteiger partial charge in [0.25, 0.3) is 0 Å². The smallest absolute Gasteiger partial charge is 0.220 e. The predicted octanol–water partition coefficient (Wildman–Crippen LogP) is 17.3. The van der Waals surface area contributed by atoms with Gasteiger partial charge < -0.3 is 15.5 Å². The average Bonchev–Trinajstić information content (AvgIpc) is 3.24. The van der Waals surface area contributed by atoms with E-state index < -0.39 is 12.1 Å². The van der Waals surface area contributed by atoms with Crippen LogP contribution in [0.4, 0.5) is 0 Å². The number of carbonyl (C=O) groups excluding carboxylic acids is 1. The highest BCUT2D eigenvalue weighted by molar-refractivity contribution is 5.76. The van der Waals surface area contributed by atoms with Gasteiger partial charge in [-0.05, 0) is 51.4 Å². The van der Waals surface area contributed by atoms with E-state index in [0.717, 1.165) is 32.1 Å². The zero-order valence-electron chi connectivity index (χ0n) is 40.0. The molecule has 0 bridgehead atoms. The van der Waals surface area contributed by atoms with Crippen molar-refractivity contribution in [1.29, 1.82) is 0 Å². The molecular formula is C55H105NO3. The fourth-order valence-corrected chi connectivity index (χ4v) is 8.27. The normalized spacial score (nSPS) is 13.1. The van der Waals surface area contributed by atoms with Crippen molar-refractivity contribution in [2.24, 2.45) is 0 Å². The minimum atomic E-state index is -0.836. The first-order valence-electron chi connectivity index (χ1n) is 26.7. The van der Waals surface area contributed by atoms with Gasteiger partial charge >= 0.3 is 0 Å². The third-order valence-electron chi connectivity index (χ3n) is 12.4. The molecule has 0 aromatic rings. The molecule has 0 rings (SSSR count). The van der Waals surface area contributed by atoms with E-state index in [1.54, 1.807) is 6.08 Å². The van der Waals surface area contributed by atoms with Gasteiger partial charge in [0.05, 0.1) is 18.8 Å². The molecule has 59 heavy (non-hydrogen) atoms. The molecule has 0 saturated carbocycles. The summed E-state index contributed by atoms with van der Waals surface area (Å²) in [6, 6.07) is -0.619. The Balaban J connectivity index is 3.42. The Labute approximate surface area is 370 Å². The fourth-order valence-electron chi connectivity index (χ4n) is 8.27. The molecule has 0 aromatic carbocycles. The van der Waals surface area contributed by atoms with Crippen LogP contribution in [0.3, 0.4) is 0 Å². The summed E-state index contributed by atoms with van der Waals surface area (Å²) in [5, 5.41) is 23.1. The van der Waals surface area contributed by atoms with E-state index in [2.05, 4.69) is 43.5 Å². The minimum Gasteiger partial charge on any atom is -0.394 e. The van der Waals surface area contributed by atoms with Crippen LogP contribution in [0.25, 0.3) is 0 Å². The summed E-state index contributed by atoms with van der Waals surface area (Å²) in [7, 11) is 0. The van der Waals surface area contributed by atoms with Gasteiger partial charge in [-0.1, -0.05) is 269 Å². The van der Waals surface area contributed by atoms with E-state index in [4.69, 9.17) is 0 Å². The quantitative estimate of drug-likeness (QED) is 0.0423. The van der Waals surface area contributed by atoms with Crippen LogP contribution in [-0.2, 0) is 4.79 Å². The maximum absolute atomic E-state index is 12.4. The van der Waals surface area contributed by atoms with Gasteiger partial charge in [0.2, 0.25) is 5.91 Å². The van der Waals surface area contributed by atoms with Gasteiger partial charge in [-0.25, -0.2) is 0 Å². The van der Waals surface area contributed by atoms with Crippen LogP contribution in [0.15, 0.2) is 36.5 Å². The third-order valence-corrected chi connectivity index (χ3v) is 12.4. The van der Waals surface area contributed by atoms with Crippen molar-refractivity contribution in [3.63, 3.8) is 0 Å². The molecule has 0 spiro atoms. The second kappa shape index (κ2) is 51.0. The highest BCUT2D eigenvalue weighted by atomic mass is 16.3. The summed E-state index contributed by atoms with van der Waals surface area (Å²) in [5.41, 5.74) is 0. The Hall–Kier alpha value is -1.39. The van der Waals surface area contributed by atoms with E-state index in [1.165, 1.54) is 238 Å². The van der Waals surface area contributed by atoms with E-state index in [0.29, 0.717) is 6.42 Å². The van der Waals surface area contributed by atoms with Gasteiger partial charge in [0.1, 0.15) is 0 Å². The molecule has 2 atom stereocenters. The summed E-state index contributed by atoms with van der Waals surface area (Å²) < 4.78 is 0. The number of allylic oxidation sites excluding steroid dienone is 5. The van der Waals surface area contributed by atoms with Gasteiger partial charge in [0.15, 0.2) is 0 Å². The van der Waals surface area contributed by atoms with Gasteiger partial charge in [-0.2, -0.15) is 0 Å². The summed E-state index contributed by atoms with van der Waals surface area (Å²) in [4.78, 5) is 12.4. The maximum atomic E-state index is 12.4. The lowest BCUT2D eigenvalue weighted by Gasteiger charge is -2.20. The third kappa shape index (κ3) is 47.5. The van der Waals surface area contributed by atoms with E-state index in [9.17, 15) is 15.0 Å². The Morgan fingerprint density at radius 1 is 0.407 bits per heavy atom. The van der Waals surface area contributed by atoms with Gasteiger partial charge in [-0.15, -0.1) is 0 Å². The van der Waals surface area contributed by atoms with Crippen molar-refractivity contribution in [2.45, 2.75) is 302 Å². The SMILES string of the molecule is CCCCCCC/C=C\C/C=C\CCCCCCCCCCCCCCCCCCCCCCCC(=O)NC(CO)C(O)/C=C/CCCCCCCCCCCCCC. The highest BCUT2D eigenvalue weighted by Gasteiger charge is 2.18. The minimum absolute atomic E-state index is 0.0600. The van der Waals surface area contributed by atoms with Crippen molar-refractivity contribution in [3.05, 3.63) is 36.5 Å². The van der Waals surface area contributed by atoms with Crippen molar-refractivity contribution in [1.82, 2.24) is 5.32 Å². The maximum Gasteiger partial charge on any atom is 0.220 e. The number of aliphatic hydroxyl groups excluding tert-OH is 2. The first-order chi connectivity index (χ1) is 29.2. The zero-order valence-corrected chi connectivity index (χ0v) is 40.0. The summed E-state index contributed by atoms with van der Waals surface area (Å²) in [6.45, 7) is 4.31. The molecule has 348 valence electrons. The second-order valence-corrected chi connectivity index (χ2v) is 18.3. The molecule has 1 amide bonds. The van der Waals surface area contributed by atoms with Crippen molar-refractivity contribution < 1.29 is 15.0 Å². The Morgan fingerprint density at radius 3 is 1.02 bits per heavy atom. The topological polar surface area (TPSA) is 69.6 Å². The fraction of sp³-hybridized carbons (Fsp3) is 0.873. The molecule has 0 saturated heterocycles. The highest BCUT2D eigenvalue weighted by Crippen LogP contribution is 2.17. The molecule has 4 heteroatoms. The number of hydrogen-bond acceptors (Lipinski definition) is 3. The molecule has 2 unspecified atom stereocenters. The Morgan fingerprint density at radius 2 is 0.695 bits per heavy atom. The molecule has 0 heterocycles. The number of aliphatic hydroxyl groups is 2. The molecule has 0 aliphatic heterocycles. The van der Waals surface area contributed by atoms with Crippen LogP contribution in [0, 0.1) is 0 Å². The van der Waals surface area contributed by atoms with Crippen LogP contribution in [0.5, 0.6) is 0 Å². The average molecular weight is 828 g/mol. The van der Waals surface area contributed by atoms with Gasteiger partial charge in [0, 0.05) is 6.42 Å². The lowest BCUT2D eigenvalue weighted by molar-refractivity contribution is -0.123. The summed E-state index contributed by atoms with van der Waals surface area (Å²) >= 11 is 0. The van der Waals surface area contributed by atoms with E-state index in [-0.39, 0.29) is 12.5 Å². The number of amides is 1.